The molecular formula is C14H21NS. The Balaban J connectivity index is 1.91. The van der Waals surface area contributed by atoms with E-state index in [1.165, 1.54) is 28.9 Å². The summed E-state index contributed by atoms with van der Waals surface area (Å²) >= 11 is 1.82. The van der Waals surface area contributed by atoms with Crippen molar-refractivity contribution in [3.63, 3.8) is 0 Å². The highest BCUT2D eigenvalue weighted by Gasteiger charge is 2.27. The van der Waals surface area contributed by atoms with Gasteiger partial charge in [-0.1, -0.05) is 12.1 Å². The minimum absolute atomic E-state index is 0.681. The van der Waals surface area contributed by atoms with Crippen molar-refractivity contribution >= 4 is 11.8 Å². The summed E-state index contributed by atoms with van der Waals surface area (Å²) in [4.78, 5) is 1.39. The van der Waals surface area contributed by atoms with Crippen molar-refractivity contribution in [2.75, 3.05) is 6.26 Å². The third-order valence-corrected chi connectivity index (χ3v) is 4.31. The maximum absolute atomic E-state index is 3.62. The van der Waals surface area contributed by atoms with Gasteiger partial charge in [-0.25, -0.2) is 0 Å². The highest BCUT2D eigenvalue weighted by atomic mass is 32.2. The molecule has 0 bridgehead atoms. The summed E-state index contributed by atoms with van der Waals surface area (Å²) in [5, 5.41) is 3.62. The number of hydrogen-bond donors (Lipinski definition) is 1. The van der Waals surface area contributed by atoms with Crippen LogP contribution in [0.25, 0.3) is 0 Å². The van der Waals surface area contributed by atoms with Crippen molar-refractivity contribution in [1.29, 1.82) is 0 Å². The van der Waals surface area contributed by atoms with Crippen LogP contribution in [0, 0.1) is 12.8 Å². The van der Waals surface area contributed by atoms with Crippen molar-refractivity contribution in [2.24, 2.45) is 5.92 Å². The van der Waals surface area contributed by atoms with Gasteiger partial charge in [0.25, 0.3) is 0 Å². The molecule has 0 radical (unpaired) electrons. The molecular weight excluding hydrogens is 214 g/mol. The summed E-state index contributed by atoms with van der Waals surface area (Å²) < 4.78 is 0. The van der Waals surface area contributed by atoms with E-state index in [2.05, 4.69) is 43.6 Å². The zero-order valence-corrected chi connectivity index (χ0v) is 11.2. The molecule has 0 aliphatic heterocycles. The number of nitrogens with one attached hydrogen (secondary N) is 1. The normalized spacial score (nSPS) is 17.4. The van der Waals surface area contributed by atoms with Gasteiger partial charge in [-0.2, -0.15) is 0 Å². The van der Waals surface area contributed by atoms with Gasteiger partial charge < -0.3 is 5.32 Å². The Morgan fingerprint density at radius 3 is 2.75 bits per heavy atom. The predicted molar refractivity (Wildman–Crippen MR) is 72.0 cm³/mol. The molecule has 1 atom stereocenters. The lowest BCUT2D eigenvalue weighted by Gasteiger charge is -2.13. The van der Waals surface area contributed by atoms with Crippen LogP contribution in [-0.2, 0) is 6.54 Å². The highest BCUT2D eigenvalue weighted by Crippen LogP contribution is 2.32. The molecule has 1 nitrogen and oxygen atoms in total. The molecule has 1 N–H and O–H groups in total. The van der Waals surface area contributed by atoms with Crippen LogP contribution in [0.4, 0.5) is 0 Å². The summed E-state index contributed by atoms with van der Waals surface area (Å²) in [6.45, 7) is 5.51. The van der Waals surface area contributed by atoms with E-state index < -0.39 is 0 Å². The summed E-state index contributed by atoms with van der Waals surface area (Å²) in [6, 6.07) is 7.46. The second-order valence-electron chi connectivity index (χ2n) is 4.81. The van der Waals surface area contributed by atoms with Gasteiger partial charge in [0.15, 0.2) is 0 Å². The standard InChI is InChI=1S/C14H21NS/c1-10-8-12(4-7-14(10)16-3)9-15-11(2)13-5-6-13/h4,7-8,11,13,15H,5-6,9H2,1-3H3. The van der Waals surface area contributed by atoms with E-state index in [1.54, 1.807) is 0 Å². The van der Waals surface area contributed by atoms with E-state index >= 15 is 0 Å². The molecule has 1 unspecified atom stereocenters. The van der Waals surface area contributed by atoms with Crippen LogP contribution in [0.15, 0.2) is 23.1 Å². The Kier molecular flexibility index (Phi) is 3.93. The van der Waals surface area contributed by atoms with Gasteiger partial charge in [-0.05, 0) is 56.1 Å². The lowest BCUT2D eigenvalue weighted by atomic mass is 10.1. The molecule has 2 heteroatoms. The van der Waals surface area contributed by atoms with Crippen molar-refractivity contribution in [3.05, 3.63) is 29.3 Å². The molecule has 1 aliphatic rings. The van der Waals surface area contributed by atoms with Crippen LogP contribution in [0.1, 0.15) is 30.9 Å². The van der Waals surface area contributed by atoms with Gasteiger partial charge in [0.1, 0.15) is 0 Å². The third-order valence-electron chi connectivity index (χ3n) is 3.42. The second-order valence-corrected chi connectivity index (χ2v) is 5.66. The maximum atomic E-state index is 3.62. The molecule has 0 saturated heterocycles. The first kappa shape index (κ1) is 12.0. The minimum atomic E-state index is 0.681. The Hall–Kier alpha value is -0.470. The molecule has 0 spiro atoms. The van der Waals surface area contributed by atoms with Crippen molar-refractivity contribution < 1.29 is 0 Å². The van der Waals surface area contributed by atoms with E-state index in [1.807, 2.05) is 11.8 Å². The van der Waals surface area contributed by atoms with Crippen LogP contribution in [-0.4, -0.2) is 12.3 Å². The SMILES string of the molecule is CSc1ccc(CNC(C)C2CC2)cc1C. The number of rotatable bonds is 5. The molecule has 0 amide bonds. The van der Waals surface area contributed by atoms with E-state index in [4.69, 9.17) is 0 Å². The Morgan fingerprint density at radius 1 is 1.44 bits per heavy atom. The first-order valence-electron chi connectivity index (χ1n) is 6.07. The quantitative estimate of drug-likeness (QED) is 0.783. The highest BCUT2D eigenvalue weighted by molar-refractivity contribution is 7.98. The Bertz CT molecular complexity index is 358. The third kappa shape index (κ3) is 3.02. The summed E-state index contributed by atoms with van der Waals surface area (Å²) in [5.74, 6) is 0.937. The van der Waals surface area contributed by atoms with Crippen LogP contribution >= 0.6 is 11.8 Å². The monoisotopic (exact) mass is 235 g/mol. The molecule has 1 saturated carbocycles. The average Bonchev–Trinajstić information content (AvgIpc) is 3.10. The first-order chi connectivity index (χ1) is 7.70. The van der Waals surface area contributed by atoms with Gasteiger partial charge in [0.05, 0.1) is 0 Å². The zero-order valence-electron chi connectivity index (χ0n) is 10.4. The van der Waals surface area contributed by atoms with Crippen LogP contribution in [0.3, 0.4) is 0 Å². The van der Waals surface area contributed by atoms with Crippen molar-refractivity contribution in [3.8, 4) is 0 Å². The lowest BCUT2D eigenvalue weighted by Crippen LogP contribution is -2.27. The fourth-order valence-electron chi connectivity index (χ4n) is 2.09. The molecule has 1 aromatic rings. The van der Waals surface area contributed by atoms with Gasteiger partial charge >= 0.3 is 0 Å². The topological polar surface area (TPSA) is 12.0 Å². The summed E-state index contributed by atoms with van der Waals surface area (Å²) in [7, 11) is 0. The minimum Gasteiger partial charge on any atom is -0.310 e. The van der Waals surface area contributed by atoms with Crippen LogP contribution < -0.4 is 5.32 Å². The number of benzene rings is 1. The summed E-state index contributed by atoms with van der Waals surface area (Å²) in [6.07, 6.45) is 4.96. The predicted octanol–water partition coefficient (Wildman–Crippen LogP) is 3.61. The van der Waals surface area contributed by atoms with E-state index in [-0.39, 0.29) is 0 Å². The Morgan fingerprint density at radius 2 is 2.19 bits per heavy atom. The van der Waals surface area contributed by atoms with Gasteiger partial charge in [0, 0.05) is 17.5 Å². The Labute approximate surface area is 103 Å². The molecule has 1 aliphatic carbocycles. The lowest BCUT2D eigenvalue weighted by molar-refractivity contribution is 0.496. The molecule has 2 rings (SSSR count). The fourth-order valence-corrected chi connectivity index (χ4v) is 2.68. The molecule has 1 fully saturated rings. The second kappa shape index (κ2) is 5.24. The molecule has 0 heterocycles. The van der Waals surface area contributed by atoms with E-state index in [0.29, 0.717) is 6.04 Å². The number of hydrogen-bond acceptors (Lipinski definition) is 2. The van der Waals surface area contributed by atoms with Crippen LogP contribution in [0.2, 0.25) is 0 Å². The number of aryl methyl sites for hydroxylation is 1. The van der Waals surface area contributed by atoms with Crippen molar-refractivity contribution in [2.45, 2.75) is 44.2 Å². The molecule has 88 valence electrons. The smallest absolute Gasteiger partial charge is 0.0208 e. The van der Waals surface area contributed by atoms with Crippen molar-refractivity contribution in [1.82, 2.24) is 5.32 Å². The number of thioether (sulfide) groups is 1. The molecule has 0 aromatic heterocycles. The maximum Gasteiger partial charge on any atom is 0.0208 e. The van der Waals surface area contributed by atoms with Gasteiger partial charge in [0.2, 0.25) is 0 Å². The fraction of sp³-hybridized carbons (Fsp3) is 0.571. The van der Waals surface area contributed by atoms with Gasteiger partial charge in [-0.15, -0.1) is 11.8 Å². The van der Waals surface area contributed by atoms with Gasteiger partial charge in [-0.3, -0.25) is 0 Å². The van der Waals surface area contributed by atoms with E-state index in [9.17, 15) is 0 Å². The summed E-state index contributed by atoms with van der Waals surface area (Å²) in [5.41, 5.74) is 2.80. The molecule has 1 aromatic carbocycles. The van der Waals surface area contributed by atoms with Crippen LogP contribution in [0.5, 0.6) is 0 Å². The van der Waals surface area contributed by atoms with E-state index in [0.717, 1.165) is 12.5 Å². The largest absolute Gasteiger partial charge is 0.310 e. The zero-order chi connectivity index (χ0) is 11.5. The first-order valence-corrected chi connectivity index (χ1v) is 7.30. The molecule has 16 heavy (non-hydrogen) atoms. The average molecular weight is 235 g/mol.